The van der Waals surface area contributed by atoms with Crippen LogP contribution in [0.3, 0.4) is 0 Å². The molecule has 0 N–H and O–H groups in total. The largest absolute Gasteiger partial charge is 0.311 e. The van der Waals surface area contributed by atoms with E-state index in [1.54, 1.807) is 11.8 Å². The summed E-state index contributed by atoms with van der Waals surface area (Å²) in [5.74, 6) is 2.43. The van der Waals surface area contributed by atoms with E-state index in [2.05, 4.69) is 69.2 Å². The quantitative estimate of drug-likeness (QED) is 0.513. The smallest absolute Gasteiger partial charge is 0.241 e. The van der Waals surface area contributed by atoms with Crippen LogP contribution in [-0.2, 0) is 24.0 Å². The fourth-order valence-electron chi connectivity index (χ4n) is 5.01. The molecule has 0 radical (unpaired) electrons. The number of carbonyl (C=O) groups is 1. The fraction of sp³-hybridized carbons (Fsp3) is 0.423. The van der Waals surface area contributed by atoms with Gasteiger partial charge in [0.15, 0.2) is 5.16 Å². The van der Waals surface area contributed by atoms with Crippen molar-refractivity contribution < 1.29 is 4.79 Å². The van der Waals surface area contributed by atoms with E-state index in [-0.39, 0.29) is 5.91 Å². The molecular formula is C26H31N5OS. The number of piperidine rings is 1. The van der Waals surface area contributed by atoms with Crippen LogP contribution < -0.4 is 4.90 Å². The molecule has 1 fully saturated rings. The predicted octanol–water partition coefficient (Wildman–Crippen LogP) is 4.27. The summed E-state index contributed by atoms with van der Waals surface area (Å²) in [6.07, 6.45) is 4.26. The standard InChI is InChI=1S/C26H31N5OS/c1-29-25(27-28-26(29)33-19-20-9-3-2-4-10-20)22-13-7-15-30(17-22)18-24(32)31-16-8-12-21-11-5-6-14-23(21)31/h2-6,9-11,14,22H,7-8,12-13,15-19H2,1H3. The van der Waals surface area contributed by atoms with Crippen LogP contribution in [0.4, 0.5) is 5.69 Å². The maximum absolute atomic E-state index is 13.2. The van der Waals surface area contributed by atoms with Gasteiger partial charge in [-0.25, -0.2) is 0 Å². The van der Waals surface area contributed by atoms with Crippen LogP contribution in [-0.4, -0.2) is 51.8 Å². The number of nitrogens with zero attached hydrogens (tertiary/aromatic N) is 5. The zero-order chi connectivity index (χ0) is 22.6. The lowest BCUT2D eigenvalue weighted by molar-refractivity contribution is -0.120. The molecule has 0 bridgehead atoms. The molecule has 6 nitrogen and oxygen atoms in total. The molecule has 0 spiro atoms. The van der Waals surface area contributed by atoms with Gasteiger partial charge in [-0.15, -0.1) is 10.2 Å². The lowest BCUT2D eigenvalue weighted by Gasteiger charge is -2.35. The highest BCUT2D eigenvalue weighted by atomic mass is 32.2. The summed E-state index contributed by atoms with van der Waals surface area (Å²) in [6.45, 7) is 3.11. The first kappa shape index (κ1) is 22.2. The minimum absolute atomic E-state index is 0.208. The Morgan fingerprint density at radius 2 is 1.85 bits per heavy atom. The lowest BCUT2D eigenvalue weighted by atomic mass is 9.97. The summed E-state index contributed by atoms with van der Waals surface area (Å²) in [6, 6.07) is 18.8. The minimum Gasteiger partial charge on any atom is -0.311 e. The van der Waals surface area contributed by atoms with E-state index in [1.165, 1.54) is 11.1 Å². The van der Waals surface area contributed by atoms with Crippen molar-refractivity contribution in [1.29, 1.82) is 0 Å². The number of thioether (sulfide) groups is 1. The van der Waals surface area contributed by atoms with Crippen molar-refractivity contribution in [2.24, 2.45) is 7.05 Å². The van der Waals surface area contributed by atoms with E-state index >= 15 is 0 Å². The topological polar surface area (TPSA) is 54.3 Å². The molecule has 33 heavy (non-hydrogen) atoms. The Bertz CT molecular complexity index is 1100. The van der Waals surface area contributed by atoms with Crippen molar-refractivity contribution in [3.63, 3.8) is 0 Å². The number of rotatable bonds is 6. The van der Waals surface area contributed by atoms with Crippen molar-refractivity contribution in [2.45, 2.75) is 42.5 Å². The summed E-state index contributed by atoms with van der Waals surface area (Å²) in [4.78, 5) is 17.5. The first-order valence-electron chi connectivity index (χ1n) is 11.9. The molecule has 172 valence electrons. The predicted molar refractivity (Wildman–Crippen MR) is 133 cm³/mol. The van der Waals surface area contributed by atoms with E-state index in [9.17, 15) is 4.79 Å². The van der Waals surface area contributed by atoms with E-state index in [4.69, 9.17) is 0 Å². The molecule has 5 rings (SSSR count). The van der Waals surface area contributed by atoms with Crippen molar-refractivity contribution in [3.05, 3.63) is 71.5 Å². The maximum Gasteiger partial charge on any atom is 0.241 e. The maximum atomic E-state index is 13.2. The Kier molecular flexibility index (Phi) is 6.78. The van der Waals surface area contributed by atoms with Gasteiger partial charge in [0.05, 0.1) is 6.54 Å². The van der Waals surface area contributed by atoms with Crippen molar-refractivity contribution in [1.82, 2.24) is 19.7 Å². The van der Waals surface area contributed by atoms with Crippen LogP contribution in [0.15, 0.2) is 59.8 Å². The summed E-state index contributed by atoms with van der Waals surface area (Å²) >= 11 is 1.72. The normalized spacial score (nSPS) is 18.8. The number of hydrogen-bond acceptors (Lipinski definition) is 5. The van der Waals surface area contributed by atoms with E-state index < -0.39 is 0 Å². The summed E-state index contributed by atoms with van der Waals surface area (Å²) < 4.78 is 2.14. The molecule has 0 saturated carbocycles. The third-order valence-electron chi connectivity index (χ3n) is 6.72. The average Bonchev–Trinajstić information content (AvgIpc) is 3.23. The number of amides is 1. The Labute approximate surface area is 200 Å². The van der Waals surface area contributed by atoms with Gasteiger partial charge in [-0.05, 0) is 49.4 Å². The molecule has 1 unspecified atom stereocenters. The molecule has 1 saturated heterocycles. The number of benzene rings is 2. The zero-order valence-corrected chi connectivity index (χ0v) is 20.0. The second kappa shape index (κ2) is 10.1. The molecule has 1 amide bonds. The van der Waals surface area contributed by atoms with E-state index in [0.717, 1.165) is 67.7 Å². The Hall–Kier alpha value is -2.64. The van der Waals surface area contributed by atoms with Gasteiger partial charge in [0.25, 0.3) is 0 Å². The Morgan fingerprint density at radius 1 is 1.03 bits per heavy atom. The first-order chi connectivity index (χ1) is 16.2. The Balaban J connectivity index is 1.22. The molecule has 3 heterocycles. The van der Waals surface area contributed by atoms with E-state index in [1.807, 2.05) is 17.0 Å². The van der Waals surface area contributed by atoms with Crippen LogP contribution in [0, 0.1) is 0 Å². The molecule has 1 atom stereocenters. The van der Waals surface area contributed by atoms with Crippen LogP contribution in [0.25, 0.3) is 0 Å². The number of para-hydroxylation sites is 1. The van der Waals surface area contributed by atoms with Gasteiger partial charge in [-0.2, -0.15) is 0 Å². The molecule has 2 aromatic carbocycles. The molecule has 1 aromatic heterocycles. The van der Waals surface area contributed by atoms with Gasteiger partial charge >= 0.3 is 0 Å². The molecule has 3 aromatic rings. The molecule has 7 heteroatoms. The minimum atomic E-state index is 0.208. The zero-order valence-electron chi connectivity index (χ0n) is 19.2. The number of anilines is 1. The number of carbonyl (C=O) groups excluding carboxylic acids is 1. The van der Waals surface area contributed by atoms with Crippen molar-refractivity contribution in [3.8, 4) is 0 Å². The summed E-state index contributed by atoms with van der Waals surface area (Å²) in [7, 11) is 2.07. The number of fused-ring (bicyclic) bond motifs is 1. The lowest BCUT2D eigenvalue weighted by Crippen LogP contribution is -2.45. The molecule has 2 aliphatic rings. The number of aryl methyl sites for hydroxylation is 1. The SMILES string of the molecule is Cn1c(SCc2ccccc2)nnc1C1CCCN(CC(=O)N2CCCc3ccccc32)C1. The molecule has 2 aliphatic heterocycles. The summed E-state index contributed by atoms with van der Waals surface area (Å²) in [5.41, 5.74) is 3.66. The third-order valence-corrected chi connectivity index (χ3v) is 7.81. The van der Waals surface area contributed by atoms with Gasteiger partial charge in [-0.3, -0.25) is 9.69 Å². The van der Waals surface area contributed by atoms with Crippen LogP contribution in [0.2, 0.25) is 0 Å². The highest BCUT2D eigenvalue weighted by molar-refractivity contribution is 7.98. The fourth-order valence-corrected chi connectivity index (χ4v) is 5.88. The van der Waals surface area contributed by atoms with Gasteiger partial charge < -0.3 is 9.47 Å². The number of hydrogen-bond donors (Lipinski definition) is 0. The van der Waals surface area contributed by atoms with Gasteiger partial charge in [0.2, 0.25) is 5.91 Å². The van der Waals surface area contributed by atoms with Gasteiger partial charge in [0.1, 0.15) is 5.82 Å². The second-order valence-corrected chi connectivity index (χ2v) is 9.97. The third kappa shape index (κ3) is 4.99. The van der Waals surface area contributed by atoms with Crippen LogP contribution in [0.5, 0.6) is 0 Å². The van der Waals surface area contributed by atoms with Crippen molar-refractivity contribution in [2.75, 3.05) is 31.1 Å². The monoisotopic (exact) mass is 461 g/mol. The van der Waals surface area contributed by atoms with Crippen LogP contribution >= 0.6 is 11.8 Å². The van der Waals surface area contributed by atoms with E-state index in [0.29, 0.717) is 12.5 Å². The number of likely N-dealkylation sites (tertiary alicyclic amines) is 1. The Morgan fingerprint density at radius 3 is 2.73 bits per heavy atom. The molecule has 0 aliphatic carbocycles. The second-order valence-electron chi connectivity index (χ2n) is 9.03. The highest BCUT2D eigenvalue weighted by Gasteiger charge is 2.29. The average molecular weight is 462 g/mol. The van der Waals surface area contributed by atoms with Gasteiger partial charge in [0, 0.05) is 37.5 Å². The number of aromatic nitrogens is 3. The highest BCUT2D eigenvalue weighted by Crippen LogP contribution is 2.30. The first-order valence-corrected chi connectivity index (χ1v) is 12.8. The molecular weight excluding hydrogens is 430 g/mol. The van der Waals surface area contributed by atoms with Crippen LogP contribution in [0.1, 0.15) is 42.1 Å². The summed E-state index contributed by atoms with van der Waals surface area (Å²) in [5, 5.41) is 9.98. The van der Waals surface area contributed by atoms with Gasteiger partial charge in [-0.1, -0.05) is 60.3 Å². The van der Waals surface area contributed by atoms with Crippen molar-refractivity contribution >= 4 is 23.4 Å².